The molecule has 1 rings (SSSR count). The van der Waals surface area contributed by atoms with Gasteiger partial charge in [-0.1, -0.05) is 36.9 Å². The maximum Gasteiger partial charge on any atom is 0.274 e. The number of benzene rings is 1. The highest BCUT2D eigenvalue weighted by atomic mass is 32.2. The molecule has 2 nitrogen and oxygen atoms in total. The van der Waals surface area contributed by atoms with Gasteiger partial charge in [-0.15, -0.1) is 0 Å². The summed E-state index contributed by atoms with van der Waals surface area (Å²) in [7, 11) is -0.0815. The molecule has 0 fully saturated rings. The van der Waals surface area contributed by atoms with E-state index in [1.54, 1.807) is 6.08 Å². The number of carbonyl (C=O) groups excluding carboxylic acids is 1. The number of hydrogen-bond acceptors (Lipinski definition) is 1. The monoisotopic (exact) mass is 222 g/mol. The fraction of sp³-hybridized carbons (Fsp3) is 0.250. The molecule has 0 aliphatic rings. The lowest BCUT2D eigenvalue weighted by Gasteiger charge is -2.09. The van der Waals surface area contributed by atoms with Gasteiger partial charge in [0.25, 0.3) is 5.91 Å². The molecule has 0 aliphatic carbocycles. The van der Waals surface area contributed by atoms with Crippen molar-refractivity contribution in [3.63, 3.8) is 0 Å². The number of nitrogens with two attached hydrogens (primary N) is 1. The Labute approximate surface area is 93.5 Å². The molecule has 0 bridgehead atoms. The Morgan fingerprint density at radius 1 is 1.53 bits per heavy atom. The predicted octanol–water partition coefficient (Wildman–Crippen LogP) is 1.47. The summed E-state index contributed by atoms with van der Waals surface area (Å²) in [5, 5.41) is -0.217. The maximum atomic E-state index is 11.1. The minimum absolute atomic E-state index is 0.0815. The Balaban J connectivity index is 2.66. The van der Waals surface area contributed by atoms with Crippen LogP contribution in [0, 0.1) is 0 Å². The molecular weight excluding hydrogens is 206 g/mol. The molecule has 0 spiro atoms. The molecule has 1 aromatic rings. The first-order valence-corrected chi connectivity index (χ1v) is 6.59. The minimum Gasteiger partial charge on any atom is -0.365 e. The molecule has 2 atom stereocenters. The highest BCUT2D eigenvalue weighted by molar-refractivity contribution is 7.96. The summed E-state index contributed by atoms with van der Waals surface area (Å²) in [5.74, 6) is 0.590. The van der Waals surface area contributed by atoms with E-state index in [0.29, 0.717) is 0 Å². The Bertz CT molecular complexity index is 337. The summed E-state index contributed by atoms with van der Waals surface area (Å²) >= 11 is 0. The molecule has 0 radical (unpaired) electrons. The topological polar surface area (TPSA) is 43.1 Å². The Hall–Kier alpha value is -1.22. The lowest BCUT2D eigenvalue weighted by atomic mass is 10.2. The average molecular weight is 222 g/mol. The first-order valence-electron chi connectivity index (χ1n) is 4.72. The van der Waals surface area contributed by atoms with Crippen LogP contribution >= 0.6 is 0 Å². The summed E-state index contributed by atoms with van der Waals surface area (Å²) in [5.41, 5.74) is 6.53. The van der Waals surface area contributed by atoms with Gasteiger partial charge >= 0.3 is 0 Å². The van der Waals surface area contributed by atoms with Crippen molar-refractivity contribution < 1.29 is 4.79 Å². The van der Waals surface area contributed by atoms with Crippen LogP contribution in [0.2, 0.25) is 0 Å². The van der Waals surface area contributed by atoms with Gasteiger partial charge in [0.05, 0.1) is 6.26 Å². The molecule has 15 heavy (non-hydrogen) atoms. The van der Waals surface area contributed by atoms with Crippen LogP contribution in [-0.2, 0) is 21.4 Å². The molecule has 0 saturated carbocycles. The largest absolute Gasteiger partial charge is 0.365 e. The maximum absolute atomic E-state index is 11.1. The van der Waals surface area contributed by atoms with E-state index in [0.717, 1.165) is 5.75 Å². The highest BCUT2D eigenvalue weighted by Crippen LogP contribution is 2.12. The van der Waals surface area contributed by atoms with E-state index in [1.807, 2.05) is 24.5 Å². The van der Waals surface area contributed by atoms with Crippen LogP contribution in [0.3, 0.4) is 0 Å². The smallest absolute Gasteiger partial charge is 0.274 e. The van der Waals surface area contributed by atoms with E-state index in [1.165, 1.54) is 5.56 Å². The minimum atomic E-state index is -0.285. The standard InChI is InChI=1S/C12H15NOS/c1-3-11(12(13)14)15(2)9-10-7-5-4-6-8-10/h3-8,11H,1,9H2,2H3,(H-,13,14)/p+1. The van der Waals surface area contributed by atoms with Crippen molar-refractivity contribution in [3.05, 3.63) is 48.6 Å². The van der Waals surface area contributed by atoms with Crippen molar-refractivity contribution in [3.8, 4) is 0 Å². The highest BCUT2D eigenvalue weighted by Gasteiger charge is 2.28. The van der Waals surface area contributed by atoms with Crippen LogP contribution in [0.15, 0.2) is 43.0 Å². The van der Waals surface area contributed by atoms with E-state index >= 15 is 0 Å². The van der Waals surface area contributed by atoms with Crippen LogP contribution in [0.4, 0.5) is 0 Å². The number of hydrogen-bond donors (Lipinski definition) is 1. The third-order valence-electron chi connectivity index (χ3n) is 2.17. The zero-order valence-corrected chi connectivity index (χ0v) is 9.67. The Kier molecular flexibility index (Phi) is 4.43. The molecule has 3 heteroatoms. The van der Waals surface area contributed by atoms with E-state index in [2.05, 4.69) is 18.7 Å². The second-order valence-corrected chi connectivity index (χ2v) is 5.56. The van der Waals surface area contributed by atoms with E-state index < -0.39 is 0 Å². The molecule has 0 aliphatic heterocycles. The zero-order chi connectivity index (χ0) is 11.3. The van der Waals surface area contributed by atoms with Crippen LogP contribution in [-0.4, -0.2) is 17.4 Å². The quantitative estimate of drug-likeness (QED) is 0.595. The van der Waals surface area contributed by atoms with Crippen LogP contribution in [0.5, 0.6) is 0 Å². The molecule has 2 N–H and O–H groups in total. The van der Waals surface area contributed by atoms with Gasteiger partial charge in [0.1, 0.15) is 5.75 Å². The first-order chi connectivity index (χ1) is 7.15. The second kappa shape index (κ2) is 5.61. The van der Waals surface area contributed by atoms with Crippen LogP contribution in [0.1, 0.15) is 5.56 Å². The van der Waals surface area contributed by atoms with Gasteiger partial charge in [0, 0.05) is 16.5 Å². The summed E-state index contributed by atoms with van der Waals surface area (Å²) in [6, 6.07) is 10.1. The number of amides is 1. The molecular formula is C12H16NOS+. The van der Waals surface area contributed by atoms with E-state index in [9.17, 15) is 4.79 Å². The van der Waals surface area contributed by atoms with Gasteiger partial charge in [-0.25, -0.2) is 0 Å². The van der Waals surface area contributed by atoms with E-state index in [-0.39, 0.29) is 22.1 Å². The third-order valence-corrected chi connectivity index (χ3v) is 4.25. The van der Waals surface area contributed by atoms with Gasteiger partial charge in [-0.3, -0.25) is 4.79 Å². The first kappa shape index (κ1) is 11.9. The summed E-state index contributed by atoms with van der Waals surface area (Å²) in [4.78, 5) is 11.1. The number of primary amides is 1. The number of carbonyl (C=O) groups is 1. The van der Waals surface area contributed by atoms with Crippen molar-refractivity contribution in [1.82, 2.24) is 0 Å². The zero-order valence-electron chi connectivity index (χ0n) is 8.85. The van der Waals surface area contributed by atoms with E-state index in [4.69, 9.17) is 5.73 Å². The normalized spacial score (nSPS) is 14.2. The fourth-order valence-corrected chi connectivity index (χ4v) is 3.03. The summed E-state index contributed by atoms with van der Waals surface area (Å²) in [6.07, 6.45) is 3.69. The second-order valence-electron chi connectivity index (χ2n) is 3.38. The summed E-state index contributed by atoms with van der Waals surface area (Å²) in [6.45, 7) is 3.65. The average Bonchev–Trinajstić information content (AvgIpc) is 2.19. The predicted molar refractivity (Wildman–Crippen MR) is 66.6 cm³/mol. The van der Waals surface area contributed by atoms with Gasteiger partial charge < -0.3 is 5.73 Å². The molecule has 1 aromatic carbocycles. The lowest BCUT2D eigenvalue weighted by Crippen LogP contribution is -2.34. The van der Waals surface area contributed by atoms with Crippen molar-refractivity contribution in [1.29, 1.82) is 0 Å². The molecule has 1 amide bonds. The van der Waals surface area contributed by atoms with Crippen molar-refractivity contribution in [2.24, 2.45) is 5.73 Å². The molecule has 80 valence electrons. The van der Waals surface area contributed by atoms with Gasteiger partial charge in [-0.2, -0.15) is 0 Å². The van der Waals surface area contributed by atoms with Crippen LogP contribution in [0.25, 0.3) is 0 Å². The number of rotatable bonds is 5. The van der Waals surface area contributed by atoms with Gasteiger partial charge in [0.2, 0.25) is 5.25 Å². The van der Waals surface area contributed by atoms with Crippen LogP contribution < -0.4 is 5.73 Å². The van der Waals surface area contributed by atoms with Gasteiger partial charge in [-0.05, 0) is 6.08 Å². The van der Waals surface area contributed by atoms with Crippen molar-refractivity contribution in [2.45, 2.75) is 11.0 Å². The SMILES string of the molecule is C=CC(C(N)=O)[S+](C)Cc1ccccc1. The van der Waals surface area contributed by atoms with Crippen molar-refractivity contribution in [2.75, 3.05) is 6.26 Å². The molecule has 2 unspecified atom stereocenters. The molecule has 0 heterocycles. The van der Waals surface area contributed by atoms with Crippen molar-refractivity contribution >= 4 is 16.8 Å². The fourth-order valence-electron chi connectivity index (χ4n) is 1.41. The molecule has 0 saturated heterocycles. The molecule has 0 aromatic heterocycles. The third kappa shape index (κ3) is 3.44. The Morgan fingerprint density at radius 3 is 2.60 bits per heavy atom. The Morgan fingerprint density at radius 2 is 2.13 bits per heavy atom. The lowest BCUT2D eigenvalue weighted by molar-refractivity contribution is -0.116. The summed E-state index contributed by atoms with van der Waals surface area (Å²) < 4.78 is 0. The van der Waals surface area contributed by atoms with Gasteiger partial charge in [0.15, 0.2) is 0 Å².